The van der Waals surface area contributed by atoms with Gasteiger partial charge in [0.15, 0.2) is 0 Å². The van der Waals surface area contributed by atoms with Crippen LogP contribution >= 0.6 is 0 Å². The number of carbonyl (C=O) groups is 1. The predicted molar refractivity (Wildman–Crippen MR) is 70.3 cm³/mol. The van der Waals surface area contributed by atoms with Gasteiger partial charge < -0.3 is 5.32 Å². The van der Waals surface area contributed by atoms with E-state index >= 15 is 0 Å². The molecule has 0 saturated carbocycles. The predicted octanol–water partition coefficient (Wildman–Crippen LogP) is 0.757. The van der Waals surface area contributed by atoms with Gasteiger partial charge in [0, 0.05) is 18.7 Å². The van der Waals surface area contributed by atoms with E-state index in [0.29, 0.717) is 17.7 Å². The number of fused-ring (bicyclic) bond motifs is 1. The van der Waals surface area contributed by atoms with Gasteiger partial charge in [-0.05, 0) is 37.1 Å². The number of sulfonamides is 1. The highest BCUT2D eigenvalue weighted by Gasteiger charge is 2.32. The van der Waals surface area contributed by atoms with Gasteiger partial charge in [-0.25, -0.2) is 8.42 Å². The van der Waals surface area contributed by atoms with Crippen LogP contribution in [0, 0.1) is 0 Å². The van der Waals surface area contributed by atoms with Crippen molar-refractivity contribution in [3.63, 3.8) is 0 Å². The first-order valence-corrected chi connectivity index (χ1v) is 7.54. The highest BCUT2D eigenvalue weighted by Crippen LogP contribution is 2.34. The van der Waals surface area contributed by atoms with Gasteiger partial charge >= 0.3 is 0 Å². The normalized spacial score (nSPS) is 18.6. The van der Waals surface area contributed by atoms with Crippen molar-refractivity contribution in [1.29, 1.82) is 0 Å². The molecule has 6 heteroatoms. The van der Waals surface area contributed by atoms with E-state index in [4.69, 9.17) is 0 Å². The van der Waals surface area contributed by atoms with Crippen molar-refractivity contribution in [1.82, 2.24) is 5.32 Å². The second-order valence-corrected chi connectivity index (χ2v) is 6.39. The lowest BCUT2D eigenvalue weighted by molar-refractivity contribution is 0.0963. The number of carbonyl (C=O) groups excluding carboxylic acids is 1. The van der Waals surface area contributed by atoms with Gasteiger partial charge in [-0.15, -0.1) is 0 Å². The van der Waals surface area contributed by atoms with Crippen LogP contribution in [-0.2, 0) is 16.4 Å². The molecule has 1 atom stereocenters. The SMILES string of the molecule is CNC(=O)c1ccc2c(c1)C[C@H](C)N2S(C)(=O)=O. The highest BCUT2D eigenvalue weighted by atomic mass is 32.2. The Balaban J connectivity index is 2.48. The number of anilines is 1. The summed E-state index contributed by atoms with van der Waals surface area (Å²) in [6, 6.07) is 5.00. The van der Waals surface area contributed by atoms with Crippen molar-refractivity contribution in [2.24, 2.45) is 0 Å². The lowest BCUT2D eigenvalue weighted by Crippen LogP contribution is -2.34. The van der Waals surface area contributed by atoms with Gasteiger partial charge in [-0.1, -0.05) is 0 Å². The van der Waals surface area contributed by atoms with Crippen LogP contribution < -0.4 is 9.62 Å². The molecule has 1 aliphatic rings. The molecule has 0 saturated heterocycles. The number of hydrogen-bond donors (Lipinski definition) is 1. The molecule has 1 aliphatic heterocycles. The Bertz CT molecular complexity index is 595. The first kappa shape index (κ1) is 12.9. The molecule has 2 rings (SSSR count). The molecule has 1 aromatic rings. The maximum Gasteiger partial charge on any atom is 0.251 e. The average molecular weight is 268 g/mol. The molecular formula is C12H16N2O3S. The van der Waals surface area contributed by atoms with E-state index in [1.165, 1.54) is 10.6 Å². The monoisotopic (exact) mass is 268 g/mol. The third kappa shape index (κ3) is 2.08. The van der Waals surface area contributed by atoms with Crippen molar-refractivity contribution in [3.8, 4) is 0 Å². The summed E-state index contributed by atoms with van der Waals surface area (Å²) in [5, 5.41) is 2.55. The minimum absolute atomic E-state index is 0.102. The summed E-state index contributed by atoms with van der Waals surface area (Å²) in [6.07, 6.45) is 1.83. The molecule has 0 spiro atoms. The molecule has 18 heavy (non-hydrogen) atoms. The Hall–Kier alpha value is -1.56. The first-order valence-electron chi connectivity index (χ1n) is 5.69. The van der Waals surface area contributed by atoms with Gasteiger partial charge in [-0.2, -0.15) is 0 Å². The Morgan fingerprint density at radius 3 is 2.67 bits per heavy atom. The molecule has 0 bridgehead atoms. The molecule has 0 fully saturated rings. The van der Waals surface area contributed by atoms with Gasteiger partial charge in [0.1, 0.15) is 0 Å². The van der Waals surface area contributed by atoms with Crippen LogP contribution in [0.3, 0.4) is 0 Å². The summed E-state index contributed by atoms with van der Waals surface area (Å²) in [5.41, 5.74) is 2.13. The topological polar surface area (TPSA) is 66.5 Å². The molecule has 0 aromatic heterocycles. The molecule has 1 N–H and O–H groups in total. The minimum Gasteiger partial charge on any atom is -0.355 e. The molecule has 0 aliphatic carbocycles. The number of amides is 1. The smallest absolute Gasteiger partial charge is 0.251 e. The summed E-state index contributed by atoms with van der Waals surface area (Å²) in [4.78, 5) is 11.5. The lowest BCUT2D eigenvalue weighted by Gasteiger charge is -2.21. The van der Waals surface area contributed by atoms with Crippen LogP contribution in [-0.4, -0.2) is 33.7 Å². The molecule has 0 unspecified atom stereocenters. The van der Waals surface area contributed by atoms with Crippen LogP contribution in [0.1, 0.15) is 22.8 Å². The molecule has 1 aromatic carbocycles. The van der Waals surface area contributed by atoms with E-state index < -0.39 is 10.0 Å². The summed E-state index contributed by atoms with van der Waals surface area (Å²) < 4.78 is 24.9. The maximum absolute atomic E-state index is 11.7. The molecule has 98 valence electrons. The summed E-state index contributed by atoms with van der Waals surface area (Å²) in [5.74, 6) is -0.164. The zero-order valence-electron chi connectivity index (χ0n) is 10.6. The summed E-state index contributed by atoms with van der Waals surface area (Å²) >= 11 is 0. The standard InChI is InChI=1S/C12H16N2O3S/c1-8-6-10-7-9(12(15)13-2)4-5-11(10)14(8)18(3,16)17/h4-5,7-8H,6H2,1-3H3,(H,13,15)/t8-/m0/s1. The third-order valence-electron chi connectivity index (χ3n) is 3.08. The second-order valence-electron chi connectivity index (χ2n) is 4.53. The van der Waals surface area contributed by atoms with Crippen molar-refractivity contribution >= 4 is 21.6 Å². The zero-order chi connectivity index (χ0) is 13.5. The number of nitrogens with zero attached hydrogens (tertiary/aromatic N) is 1. The maximum atomic E-state index is 11.7. The van der Waals surface area contributed by atoms with Gasteiger partial charge in [0.25, 0.3) is 5.91 Å². The number of hydrogen-bond acceptors (Lipinski definition) is 3. The van der Waals surface area contributed by atoms with E-state index in [1.807, 2.05) is 6.92 Å². The van der Waals surface area contributed by atoms with Gasteiger partial charge in [0.2, 0.25) is 10.0 Å². The van der Waals surface area contributed by atoms with Gasteiger partial charge in [0.05, 0.1) is 11.9 Å². The van der Waals surface area contributed by atoms with Crippen LogP contribution in [0.4, 0.5) is 5.69 Å². The number of benzene rings is 1. The zero-order valence-corrected chi connectivity index (χ0v) is 11.4. The van der Waals surface area contributed by atoms with Crippen molar-refractivity contribution in [2.75, 3.05) is 17.6 Å². The van der Waals surface area contributed by atoms with E-state index in [1.54, 1.807) is 25.2 Å². The first-order chi connectivity index (χ1) is 8.34. The van der Waals surface area contributed by atoms with Crippen molar-refractivity contribution in [2.45, 2.75) is 19.4 Å². The average Bonchev–Trinajstić information content (AvgIpc) is 2.62. The molecule has 0 radical (unpaired) electrons. The summed E-state index contributed by atoms with van der Waals surface area (Å²) in [7, 11) is -1.70. The Kier molecular flexibility index (Phi) is 3.06. The Morgan fingerprint density at radius 2 is 2.11 bits per heavy atom. The molecule has 5 nitrogen and oxygen atoms in total. The Labute approximate surface area is 107 Å². The fraction of sp³-hybridized carbons (Fsp3) is 0.417. The van der Waals surface area contributed by atoms with Crippen molar-refractivity contribution in [3.05, 3.63) is 29.3 Å². The fourth-order valence-corrected chi connectivity index (χ4v) is 3.66. The lowest BCUT2D eigenvalue weighted by atomic mass is 10.1. The number of rotatable bonds is 2. The van der Waals surface area contributed by atoms with Crippen LogP contribution in [0.15, 0.2) is 18.2 Å². The minimum atomic E-state index is -3.27. The summed E-state index contributed by atoms with van der Waals surface area (Å²) in [6.45, 7) is 1.86. The van der Waals surface area contributed by atoms with Crippen LogP contribution in [0.25, 0.3) is 0 Å². The van der Waals surface area contributed by atoms with E-state index in [2.05, 4.69) is 5.32 Å². The largest absolute Gasteiger partial charge is 0.355 e. The van der Waals surface area contributed by atoms with Gasteiger partial charge in [-0.3, -0.25) is 9.10 Å². The molecular weight excluding hydrogens is 252 g/mol. The van der Waals surface area contributed by atoms with Crippen LogP contribution in [0.2, 0.25) is 0 Å². The number of nitrogens with one attached hydrogen (secondary N) is 1. The van der Waals surface area contributed by atoms with E-state index in [0.717, 1.165) is 5.56 Å². The molecule has 1 amide bonds. The third-order valence-corrected chi connectivity index (χ3v) is 4.35. The fourth-order valence-electron chi connectivity index (χ4n) is 2.39. The quantitative estimate of drug-likeness (QED) is 0.861. The van der Waals surface area contributed by atoms with Crippen molar-refractivity contribution < 1.29 is 13.2 Å². The van der Waals surface area contributed by atoms with Crippen LogP contribution in [0.5, 0.6) is 0 Å². The Morgan fingerprint density at radius 1 is 1.44 bits per heavy atom. The van der Waals surface area contributed by atoms with E-state index in [-0.39, 0.29) is 11.9 Å². The highest BCUT2D eigenvalue weighted by molar-refractivity contribution is 7.92. The van der Waals surface area contributed by atoms with E-state index in [9.17, 15) is 13.2 Å². The molecule has 1 heterocycles. The second kappa shape index (κ2) is 4.28.